The third-order valence-electron chi connectivity index (χ3n) is 4.32. The second kappa shape index (κ2) is 11.0. The van der Waals surface area contributed by atoms with Crippen LogP contribution in [0, 0.1) is 5.92 Å². The molecule has 1 aromatic carbocycles. The Morgan fingerprint density at radius 3 is 2.69 bits per heavy atom. The second-order valence-corrected chi connectivity index (χ2v) is 6.64. The first-order valence-corrected chi connectivity index (χ1v) is 9.32. The highest BCUT2D eigenvalue weighted by Gasteiger charge is 2.17. The van der Waals surface area contributed by atoms with Gasteiger partial charge in [0, 0.05) is 26.3 Å². The van der Waals surface area contributed by atoms with Gasteiger partial charge in [0.15, 0.2) is 17.5 Å². The third kappa shape index (κ3) is 6.06. The van der Waals surface area contributed by atoms with E-state index in [1.54, 1.807) is 0 Å². The maximum Gasteiger partial charge on any atom is 0.191 e. The van der Waals surface area contributed by atoms with Crippen LogP contribution in [0.1, 0.15) is 25.3 Å². The number of benzene rings is 1. The first-order valence-electron chi connectivity index (χ1n) is 8.94. The Bertz CT molecular complexity index is 610. The van der Waals surface area contributed by atoms with Gasteiger partial charge in [-0.1, -0.05) is 11.6 Å². The lowest BCUT2D eigenvalue weighted by atomic mass is 10.0. The smallest absolute Gasteiger partial charge is 0.191 e. The molecule has 1 saturated heterocycles. The van der Waals surface area contributed by atoms with E-state index >= 15 is 0 Å². The normalized spacial score (nSPS) is 17.4. The summed E-state index contributed by atoms with van der Waals surface area (Å²) in [6.45, 7) is 7.12. The Hall–Kier alpha value is -0.930. The number of hydrogen-bond acceptors (Lipinski definition) is 4. The summed E-state index contributed by atoms with van der Waals surface area (Å²) < 4.78 is 16.6. The molecule has 3 rings (SSSR count). The molecule has 0 amide bonds. The van der Waals surface area contributed by atoms with Gasteiger partial charge in [-0.25, -0.2) is 4.99 Å². The molecule has 1 aromatic rings. The van der Waals surface area contributed by atoms with Gasteiger partial charge in [-0.05, 0) is 43.4 Å². The zero-order valence-electron chi connectivity index (χ0n) is 15.1. The maximum atomic E-state index is 6.29. The van der Waals surface area contributed by atoms with Crippen molar-refractivity contribution in [2.24, 2.45) is 10.9 Å². The van der Waals surface area contributed by atoms with Crippen molar-refractivity contribution in [3.8, 4) is 11.5 Å². The Balaban J connectivity index is 0.00000243. The molecule has 0 spiro atoms. The summed E-state index contributed by atoms with van der Waals surface area (Å²) in [6, 6.07) is 3.84. The molecule has 26 heavy (non-hydrogen) atoms. The third-order valence-corrected chi connectivity index (χ3v) is 4.60. The highest BCUT2D eigenvalue weighted by atomic mass is 127. The van der Waals surface area contributed by atoms with Crippen LogP contribution in [0.4, 0.5) is 0 Å². The number of nitrogens with zero attached hydrogens (tertiary/aromatic N) is 1. The fourth-order valence-electron chi connectivity index (χ4n) is 2.96. The summed E-state index contributed by atoms with van der Waals surface area (Å²) in [6.07, 6.45) is 2.20. The van der Waals surface area contributed by atoms with Crippen LogP contribution in [0.2, 0.25) is 5.02 Å². The van der Waals surface area contributed by atoms with Crippen LogP contribution in [-0.4, -0.2) is 45.5 Å². The van der Waals surface area contributed by atoms with Gasteiger partial charge in [-0.15, -0.1) is 24.0 Å². The number of aliphatic imine (C=N–C) groups is 1. The monoisotopic (exact) mass is 495 g/mol. The van der Waals surface area contributed by atoms with Gasteiger partial charge in [0.05, 0.1) is 11.6 Å². The van der Waals surface area contributed by atoms with Crippen LogP contribution in [0.3, 0.4) is 0 Å². The molecule has 0 saturated carbocycles. The van der Waals surface area contributed by atoms with Crippen LogP contribution >= 0.6 is 35.6 Å². The average Bonchev–Trinajstić information content (AvgIpc) is 2.65. The molecular formula is C18H27ClIN3O3. The summed E-state index contributed by atoms with van der Waals surface area (Å²) in [7, 11) is 0. The molecule has 0 aliphatic carbocycles. The zero-order chi connectivity index (χ0) is 17.5. The topological polar surface area (TPSA) is 64.1 Å². The summed E-state index contributed by atoms with van der Waals surface area (Å²) in [5.41, 5.74) is 0.998. The van der Waals surface area contributed by atoms with E-state index in [9.17, 15) is 0 Å². The second-order valence-electron chi connectivity index (χ2n) is 6.23. The lowest BCUT2D eigenvalue weighted by Crippen LogP contribution is -2.40. The van der Waals surface area contributed by atoms with E-state index in [0.717, 1.165) is 50.7 Å². The molecule has 0 unspecified atom stereocenters. The van der Waals surface area contributed by atoms with Crippen molar-refractivity contribution in [2.45, 2.75) is 26.3 Å². The molecule has 6 nitrogen and oxygen atoms in total. The molecule has 2 N–H and O–H groups in total. The molecular weight excluding hydrogens is 469 g/mol. The van der Waals surface area contributed by atoms with Crippen LogP contribution < -0.4 is 20.1 Å². The Morgan fingerprint density at radius 2 is 1.92 bits per heavy atom. The number of ether oxygens (including phenoxy) is 3. The first-order chi connectivity index (χ1) is 12.3. The molecule has 146 valence electrons. The lowest BCUT2D eigenvalue weighted by molar-refractivity contribution is 0.0675. The molecule has 8 heteroatoms. The molecule has 0 aromatic heterocycles. The van der Waals surface area contributed by atoms with Crippen molar-refractivity contribution in [1.82, 2.24) is 10.6 Å². The predicted molar refractivity (Wildman–Crippen MR) is 114 cm³/mol. The molecule has 0 radical (unpaired) electrons. The zero-order valence-corrected chi connectivity index (χ0v) is 18.1. The van der Waals surface area contributed by atoms with E-state index in [0.29, 0.717) is 42.2 Å². The van der Waals surface area contributed by atoms with Crippen molar-refractivity contribution in [2.75, 3.05) is 39.5 Å². The van der Waals surface area contributed by atoms with Crippen LogP contribution in [0.15, 0.2) is 17.1 Å². The number of nitrogens with one attached hydrogen (secondary N) is 2. The van der Waals surface area contributed by atoms with Crippen LogP contribution in [-0.2, 0) is 11.3 Å². The Morgan fingerprint density at radius 1 is 1.15 bits per heavy atom. The maximum absolute atomic E-state index is 6.29. The minimum atomic E-state index is 0. The highest BCUT2D eigenvalue weighted by Crippen LogP contribution is 2.38. The minimum Gasteiger partial charge on any atom is -0.486 e. The van der Waals surface area contributed by atoms with E-state index in [4.69, 9.17) is 25.8 Å². The number of hydrogen-bond donors (Lipinski definition) is 2. The van der Waals surface area contributed by atoms with Gasteiger partial charge in [0.1, 0.15) is 13.2 Å². The van der Waals surface area contributed by atoms with Crippen LogP contribution in [0.25, 0.3) is 0 Å². The van der Waals surface area contributed by atoms with Crippen molar-refractivity contribution < 1.29 is 14.2 Å². The van der Waals surface area contributed by atoms with E-state index < -0.39 is 0 Å². The first kappa shape index (κ1) is 21.4. The van der Waals surface area contributed by atoms with Crippen molar-refractivity contribution >= 4 is 41.5 Å². The minimum absolute atomic E-state index is 0. The van der Waals surface area contributed by atoms with Gasteiger partial charge in [-0.2, -0.15) is 0 Å². The van der Waals surface area contributed by atoms with Crippen molar-refractivity contribution in [3.05, 3.63) is 22.7 Å². The quantitative estimate of drug-likeness (QED) is 0.373. The fraction of sp³-hybridized carbons (Fsp3) is 0.611. The summed E-state index contributed by atoms with van der Waals surface area (Å²) in [5, 5.41) is 7.29. The number of fused-ring (bicyclic) bond motifs is 1. The number of rotatable bonds is 5. The molecule has 2 aliphatic heterocycles. The Kier molecular flexibility index (Phi) is 9.07. The van der Waals surface area contributed by atoms with Gasteiger partial charge in [0.2, 0.25) is 0 Å². The summed E-state index contributed by atoms with van der Waals surface area (Å²) >= 11 is 6.29. The molecule has 2 aliphatic rings. The van der Waals surface area contributed by atoms with E-state index in [1.807, 2.05) is 12.1 Å². The van der Waals surface area contributed by atoms with Crippen LogP contribution in [0.5, 0.6) is 11.5 Å². The van der Waals surface area contributed by atoms with E-state index in [-0.39, 0.29) is 24.0 Å². The lowest BCUT2D eigenvalue weighted by Gasteiger charge is -2.23. The molecule has 2 heterocycles. The highest BCUT2D eigenvalue weighted by molar-refractivity contribution is 14.0. The summed E-state index contributed by atoms with van der Waals surface area (Å²) in [4.78, 5) is 4.67. The van der Waals surface area contributed by atoms with E-state index in [1.165, 1.54) is 0 Å². The van der Waals surface area contributed by atoms with Gasteiger partial charge in [0.25, 0.3) is 0 Å². The predicted octanol–water partition coefficient (Wildman–Crippen LogP) is 3.21. The van der Waals surface area contributed by atoms with Gasteiger partial charge < -0.3 is 24.8 Å². The largest absolute Gasteiger partial charge is 0.486 e. The average molecular weight is 496 g/mol. The van der Waals surface area contributed by atoms with Gasteiger partial charge >= 0.3 is 0 Å². The number of guanidine groups is 1. The molecule has 0 atom stereocenters. The fourth-order valence-corrected chi connectivity index (χ4v) is 3.25. The SMILES string of the molecule is CCNC(=NCc1cc(Cl)c2c(c1)OCCO2)NCC1CCOCC1.I. The number of halogens is 2. The Labute approximate surface area is 177 Å². The van der Waals surface area contributed by atoms with Gasteiger partial charge in [-0.3, -0.25) is 0 Å². The van der Waals surface area contributed by atoms with E-state index in [2.05, 4.69) is 22.5 Å². The molecule has 1 fully saturated rings. The van der Waals surface area contributed by atoms with Crippen molar-refractivity contribution in [1.29, 1.82) is 0 Å². The molecule has 0 bridgehead atoms. The van der Waals surface area contributed by atoms with Crippen molar-refractivity contribution in [3.63, 3.8) is 0 Å². The standard InChI is InChI=1S/C18H26ClN3O3.HI/c1-2-20-18(21-11-13-3-5-23-6-4-13)22-12-14-9-15(19)17-16(10-14)24-7-8-25-17;/h9-10,13H,2-8,11-12H2,1H3,(H2,20,21,22);1H. The summed E-state index contributed by atoms with van der Waals surface area (Å²) in [5.74, 6) is 2.79.